The van der Waals surface area contributed by atoms with Crippen molar-refractivity contribution < 1.29 is 9.21 Å². The number of likely N-dealkylation sites (tertiary alicyclic amines) is 1. The fraction of sp³-hybridized carbons (Fsp3) is 0.517. The number of hydrogen-bond acceptors (Lipinski definition) is 5. The Morgan fingerprint density at radius 3 is 2.63 bits per heavy atom. The lowest BCUT2D eigenvalue weighted by Gasteiger charge is -2.43. The normalized spacial score (nSPS) is 22.9. The molecule has 2 aromatic heterocycles. The van der Waals surface area contributed by atoms with Gasteiger partial charge < -0.3 is 9.73 Å². The molecule has 6 heteroatoms. The number of para-hydroxylation sites is 1. The number of hydrogen-bond donors (Lipinski definition) is 2. The van der Waals surface area contributed by atoms with Crippen LogP contribution in [0.1, 0.15) is 68.5 Å². The Labute approximate surface area is 207 Å². The number of carbonyl (C=O) groups is 1. The molecule has 4 heterocycles. The van der Waals surface area contributed by atoms with E-state index < -0.39 is 0 Å². The van der Waals surface area contributed by atoms with E-state index in [0.717, 1.165) is 63.1 Å². The standard InChI is InChI=1S/C29H36N4O2/c34-29(22-8-2-1-3-9-22)28(24-13-12-20-7-4-5-10-23(20)30-24)33-16-14-21(15-17-33)25-19-26(32-31-25)27-11-6-18-35-27/h4-7,10-11,18-19,21-22,24,28,30H,1-3,8-9,12-17H2,(H,31,32). The molecule has 3 aliphatic rings. The second-order valence-electron chi connectivity index (χ2n) is 10.6. The third-order valence-electron chi connectivity index (χ3n) is 8.50. The molecule has 1 saturated carbocycles. The summed E-state index contributed by atoms with van der Waals surface area (Å²) in [5, 5.41) is 11.5. The number of piperidine rings is 1. The van der Waals surface area contributed by atoms with Crippen molar-refractivity contribution in [1.29, 1.82) is 0 Å². The highest BCUT2D eigenvalue weighted by molar-refractivity contribution is 5.88. The fourth-order valence-corrected chi connectivity index (χ4v) is 6.55. The molecule has 2 N–H and O–H groups in total. The molecule has 2 unspecified atom stereocenters. The minimum atomic E-state index is -0.0344. The summed E-state index contributed by atoms with van der Waals surface area (Å²) in [4.78, 5) is 16.5. The number of Topliss-reactive ketones (excluding diaryl/α,β-unsaturated/α-hetero) is 1. The number of fused-ring (bicyclic) bond motifs is 1. The van der Waals surface area contributed by atoms with Crippen LogP contribution in [0.3, 0.4) is 0 Å². The van der Waals surface area contributed by atoms with Crippen molar-refractivity contribution in [3.63, 3.8) is 0 Å². The van der Waals surface area contributed by atoms with Crippen LogP contribution in [0.25, 0.3) is 11.5 Å². The van der Waals surface area contributed by atoms with Crippen molar-refractivity contribution in [3.05, 3.63) is 60.0 Å². The number of nitrogens with zero attached hydrogens (tertiary/aromatic N) is 2. The molecular weight excluding hydrogens is 436 g/mol. The first-order valence-electron chi connectivity index (χ1n) is 13.5. The Morgan fingerprint density at radius 1 is 1.00 bits per heavy atom. The summed E-state index contributed by atoms with van der Waals surface area (Å²) in [6.45, 7) is 1.89. The molecule has 35 heavy (non-hydrogen) atoms. The molecule has 6 nitrogen and oxygen atoms in total. The van der Waals surface area contributed by atoms with Crippen molar-refractivity contribution >= 4 is 11.5 Å². The highest BCUT2D eigenvalue weighted by atomic mass is 16.3. The summed E-state index contributed by atoms with van der Waals surface area (Å²) in [5.41, 5.74) is 4.62. The first kappa shape index (κ1) is 22.6. The summed E-state index contributed by atoms with van der Waals surface area (Å²) in [5.74, 6) is 1.95. The third kappa shape index (κ3) is 4.68. The monoisotopic (exact) mass is 472 g/mol. The summed E-state index contributed by atoms with van der Waals surface area (Å²) in [7, 11) is 0. The van der Waals surface area contributed by atoms with Gasteiger partial charge in [0.1, 0.15) is 5.69 Å². The Balaban J connectivity index is 1.18. The smallest absolute Gasteiger partial charge is 0.155 e. The number of aromatic nitrogens is 2. The number of carbonyl (C=O) groups excluding carboxylic acids is 1. The number of furan rings is 1. The lowest BCUT2D eigenvalue weighted by molar-refractivity contribution is -0.130. The Bertz CT molecular complexity index is 1120. The van der Waals surface area contributed by atoms with Crippen molar-refractivity contribution in [3.8, 4) is 11.5 Å². The maximum Gasteiger partial charge on any atom is 0.155 e. The number of nitrogens with one attached hydrogen (secondary N) is 2. The van der Waals surface area contributed by atoms with Gasteiger partial charge in [-0.3, -0.25) is 14.8 Å². The molecule has 1 aliphatic carbocycles. The number of benzene rings is 1. The van der Waals surface area contributed by atoms with Crippen LogP contribution in [-0.2, 0) is 11.2 Å². The zero-order valence-electron chi connectivity index (χ0n) is 20.4. The highest BCUT2D eigenvalue weighted by Gasteiger charge is 2.40. The fourth-order valence-electron chi connectivity index (χ4n) is 6.55. The zero-order chi connectivity index (χ0) is 23.6. The topological polar surface area (TPSA) is 74.2 Å². The molecule has 2 aliphatic heterocycles. The average molecular weight is 473 g/mol. The number of aryl methyl sites for hydroxylation is 1. The zero-order valence-corrected chi connectivity index (χ0v) is 20.4. The van der Waals surface area contributed by atoms with Crippen LogP contribution >= 0.6 is 0 Å². The van der Waals surface area contributed by atoms with Gasteiger partial charge in [-0.05, 0) is 81.4 Å². The van der Waals surface area contributed by atoms with Crippen LogP contribution in [0.2, 0.25) is 0 Å². The minimum Gasteiger partial charge on any atom is -0.463 e. The van der Waals surface area contributed by atoms with Gasteiger partial charge in [-0.25, -0.2) is 0 Å². The van der Waals surface area contributed by atoms with Gasteiger partial charge in [0.15, 0.2) is 11.5 Å². The molecule has 0 radical (unpaired) electrons. The van der Waals surface area contributed by atoms with Gasteiger partial charge in [-0.1, -0.05) is 37.5 Å². The lowest BCUT2D eigenvalue weighted by atomic mass is 9.79. The molecule has 6 rings (SSSR count). The predicted octanol–water partition coefficient (Wildman–Crippen LogP) is 5.79. The number of aromatic amines is 1. The molecule has 1 saturated heterocycles. The van der Waals surface area contributed by atoms with Crippen molar-refractivity contribution in [1.82, 2.24) is 15.1 Å². The SMILES string of the molecule is O=C(C1CCCCC1)C(C1CCc2ccccc2N1)N1CCC(c2cc(-c3ccco3)n[nH]2)CC1. The number of ketones is 1. The highest BCUT2D eigenvalue weighted by Crippen LogP contribution is 2.35. The van der Waals surface area contributed by atoms with Gasteiger partial charge in [0, 0.05) is 29.3 Å². The summed E-state index contributed by atoms with van der Waals surface area (Å²) >= 11 is 0. The Kier molecular flexibility index (Phi) is 6.47. The maximum absolute atomic E-state index is 14.0. The first-order valence-corrected chi connectivity index (χ1v) is 13.5. The quantitative estimate of drug-likeness (QED) is 0.475. The van der Waals surface area contributed by atoms with Gasteiger partial charge in [0.2, 0.25) is 0 Å². The van der Waals surface area contributed by atoms with Gasteiger partial charge in [-0.2, -0.15) is 5.10 Å². The van der Waals surface area contributed by atoms with E-state index in [1.54, 1.807) is 6.26 Å². The lowest BCUT2D eigenvalue weighted by Crippen LogP contribution is -2.56. The van der Waals surface area contributed by atoms with Gasteiger partial charge in [0.25, 0.3) is 0 Å². The third-order valence-corrected chi connectivity index (χ3v) is 8.50. The van der Waals surface area contributed by atoms with E-state index in [-0.39, 0.29) is 18.0 Å². The van der Waals surface area contributed by atoms with Crippen molar-refractivity contribution in [2.45, 2.75) is 75.8 Å². The summed E-state index contributed by atoms with van der Waals surface area (Å²) < 4.78 is 5.51. The Morgan fingerprint density at radius 2 is 1.83 bits per heavy atom. The van der Waals surface area contributed by atoms with Crippen LogP contribution in [0.5, 0.6) is 0 Å². The van der Waals surface area contributed by atoms with E-state index in [1.165, 1.54) is 36.2 Å². The Hall–Kier alpha value is -2.86. The molecule has 0 amide bonds. The average Bonchev–Trinajstić information content (AvgIpc) is 3.62. The van der Waals surface area contributed by atoms with E-state index in [0.29, 0.717) is 11.7 Å². The molecule has 2 fully saturated rings. The van der Waals surface area contributed by atoms with E-state index >= 15 is 0 Å². The van der Waals surface area contributed by atoms with Crippen LogP contribution in [0.4, 0.5) is 5.69 Å². The van der Waals surface area contributed by atoms with E-state index in [2.05, 4.69) is 50.7 Å². The number of anilines is 1. The second kappa shape index (κ2) is 10.0. The van der Waals surface area contributed by atoms with Crippen LogP contribution in [0, 0.1) is 5.92 Å². The molecule has 3 aromatic rings. The predicted molar refractivity (Wildman–Crippen MR) is 137 cm³/mol. The van der Waals surface area contributed by atoms with E-state index in [4.69, 9.17) is 4.42 Å². The molecule has 184 valence electrons. The molecule has 2 atom stereocenters. The number of rotatable bonds is 6. The van der Waals surface area contributed by atoms with Gasteiger partial charge in [0.05, 0.1) is 12.3 Å². The summed E-state index contributed by atoms with van der Waals surface area (Å²) in [6.07, 6.45) is 11.6. The van der Waals surface area contributed by atoms with Crippen LogP contribution in [-0.4, -0.2) is 46.1 Å². The largest absolute Gasteiger partial charge is 0.463 e. The minimum absolute atomic E-state index is 0.0344. The molecule has 0 bridgehead atoms. The molecular formula is C29H36N4O2. The number of H-pyrrole nitrogens is 1. The van der Waals surface area contributed by atoms with Gasteiger partial charge in [-0.15, -0.1) is 0 Å². The van der Waals surface area contributed by atoms with E-state index in [9.17, 15) is 4.79 Å². The van der Waals surface area contributed by atoms with Crippen molar-refractivity contribution in [2.24, 2.45) is 5.92 Å². The van der Waals surface area contributed by atoms with E-state index in [1.807, 2.05) is 12.1 Å². The van der Waals surface area contributed by atoms with Crippen LogP contribution < -0.4 is 5.32 Å². The summed E-state index contributed by atoms with van der Waals surface area (Å²) in [6, 6.07) is 14.7. The maximum atomic E-state index is 14.0. The van der Waals surface area contributed by atoms with Crippen LogP contribution in [0.15, 0.2) is 53.1 Å². The molecule has 1 aromatic carbocycles. The van der Waals surface area contributed by atoms with Gasteiger partial charge >= 0.3 is 0 Å². The second-order valence-corrected chi connectivity index (χ2v) is 10.6. The first-order chi connectivity index (χ1) is 17.3. The molecule has 0 spiro atoms. The van der Waals surface area contributed by atoms with Crippen molar-refractivity contribution in [2.75, 3.05) is 18.4 Å².